The Bertz CT molecular complexity index is 676. The Labute approximate surface area is 149 Å². The van der Waals surface area contributed by atoms with Crippen molar-refractivity contribution in [3.05, 3.63) is 59.2 Å². The Balaban J connectivity index is 1.85. The van der Waals surface area contributed by atoms with Crippen LogP contribution in [0.15, 0.2) is 36.7 Å². The van der Waals surface area contributed by atoms with E-state index >= 15 is 0 Å². The molecular formula is C20H28N4O. The highest BCUT2D eigenvalue weighted by Gasteiger charge is 2.27. The second-order valence-corrected chi connectivity index (χ2v) is 6.69. The molecule has 5 heteroatoms. The van der Waals surface area contributed by atoms with Crippen molar-refractivity contribution >= 4 is 0 Å². The quantitative estimate of drug-likeness (QED) is 0.723. The van der Waals surface area contributed by atoms with Crippen LogP contribution in [0.4, 0.5) is 0 Å². The number of aliphatic hydroxyl groups excluding tert-OH is 1. The highest BCUT2D eigenvalue weighted by Crippen LogP contribution is 2.34. The smallest absolute Gasteiger partial charge is 0.0700 e. The van der Waals surface area contributed by atoms with Crippen molar-refractivity contribution in [1.82, 2.24) is 14.9 Å². The normalized spacial score (nSPS) is 16.8. The maximum atomic E-state index is 9.63. The molecule has 0 fully saturated rings. The van der Waals surface area contributed by atoms with Gasteiger partial charge in [-0.05, 0) is 62.9 Å². The molecule has 2 aromatic heterocycles. The first-order valence-electron chi connectivity index (χ1n) is 9.25. The molecule has 1 atom stereocenters. The van der Waals surface area contributed by atoms with Crippen LogP contribution in [-0.2, 0) is 19.6 Å². The van der Waals surface area contributed by atoms with Crippen LogP contribution in [0.5, 0.6) is 0 Å². The fourth-order valence-corrected chi connectivity index (χ4v) is 3.69. The Hall–Kier alpha value is -1.82. The molecule has 0 bridgehead atoms. The third-order valence-corrected chi connectivity index (χ3v) is 5.01. The summed E-state index contributed by atoms with van der Waals surface area (Å²) in [6.07, 6.45) is 9.21. The molecule has 134 valence electrons. The molecule has 0 saturated heterocycles. The Kier molecular flexibility index (Phi) is 6.50. The van der Waals surface area contributed by atoms with Gasteiger partial charge in [0.1, 0.15) is 0 Å². The van der Waals surface area contributed by atoms with Gasteiger partial charge in [0.2, 0.25) is 0 Å². The first-order valence-corrected chi connectivity index (χ1v) is 9.25. The minimum absolute atomic E-state index is 0.0271. The van der Waals surface area contributed by atoms with E-state index in [4.69, 9.17) is 10.7 Å². The summed E-state index contributed by atoms with van der Waals surface area (Å²) in [6, 6.07) is 8.38. The molecule has 0 amide bonds. The molecule has 1 aliphatic rings. The zero-order valence-electron chi connectivity index (χ0n) is 14.8. The van der Waals surface area contributed by atoms with Gasteiger partial charge in [0, 0.05) is 24.5 Å². The summed E-state index contributed by atoms with van der Waals surface area (Å²) in [4.78, 5) is 11.7. The zero-order valence-corrected chi connectivity index (χ0v) is 14.8. The molecular weight excluding hydrogens is 312 g/mol. The van der Waals surface area contributed by atoms with Gasteiger partial charge in [0.05, 0.1) is 24.0 Å². The van der Waals surface area contributed by atoms with Crippen LogP contribution in [0.2, 0.25) is 0 Å². The van der Waals surface area contributed by atoms with E-state index in [-0.39, 0.29) is 6.61 Å². The first kappa shape index (κ1) is 18.0. The summed E-state index contributed by atoms with van der Waals surface area (Å²) in [5.74, 6) is 0. The van der Waals surface area contributed by atoms with Crippen molar-refractivity contribution in [2.24, 2.45) is 5.73 Å². The molecule has 25 heavy (non-hydrogen) atoms. The van der Waals surface area contributed by atoms with Gasteiger partial charge in [-0.2, -0.15) is 0 Å². The van der Waals surface area contributed by atoms with Gasteiger partial charge in [0.15, 0.2) is 0 Å². The number of aliphatic hydroxyl groups is 1. The Morgan fingerprint density at radius 1 is 1.16 bits per heavy atom. The fraction of sp³-hybridized carbons (Fsp3) is 0.500. The predicted molar refractivity (Wildman–Crippen MR) is 98.8 cm³/mol. The number of unbranched alkanes of at least 4 members (excludes halogenated alkanes) is 1. The molecule has 0 aromatic carbocycles. The van der Waals surface area contributed by atoms with E-state index < -0.39 is 0 Å². The van der Waals surface area contributed by atoms with E-state index in [2.05, 4.69) is 16.0 Å². The van der Waals surface area contributed by atoms with E-state index in [1.165, 1.54) is 17.7 Å². The topological polar surface area (TPSA) is 75.3 Å². The van der Waals surface area contributed by atoms with Gasteiger partial charge in [0.25, 0.3) is 0 Å². The summed E-state index contributed by atoms with van der Waals surface area (Å²) in [5, 5.41) is 9.63. The first-order chi connectivity index (χ1) is 12.3. The van der Waals surface area contributed by atoms with Crippen LogP contribution in [-0.4, -0.2) is 33.1 Å². The SMILES string of the molecule is NCCCCN(Cc1ncccc1CO)[C@@H]1CCCc2cccnc21. The predicted octanol–water partition coefficient (Wildman–Crippen LogP) is 2.59. The van der Waals surface area contributed by atoms with Crippen LogP contribution in [0.1, 0.15) is 54.2 Å². The summed E-state index contributed by atoms with van der Waals surface area (Å²) in [6.45, 7) is 2.46. The number of fused-ring (bicyclic) bond motifs is 1. The Morgan fingerprint density at radius 3 is 2.84 bits per heavy atom. The summed E-state index contributed by atoms with van der Waals surface area (Å²) in [5.41, 5.74) is 10.1. The van der Waals surface area contributed by atoms with Crippen molar-refractivity contribution in [2.75, 3.05) is 13.1 Å². The van der Waals surface area contributed by atoms with Crippen molar-refractivity contribution in [3.8, 4) is 0 Å². The van der Waals surface area contributed by atoms with Crippen molar-refractivity contribution in [2.45, 2.75) is 51.3 Å². The number of nitrogens with zero attached hydrogens (tertiary/aromatic N) is 3. The van der Waals surface area contributed by atoms with Gasteiger partial charge in [-0.3, -0.25) is 14.9 Å². The van der Waals surface area contributed by atoms with Crippen LogP contribution in [0, 0.1) is 0 Å². The van der Waals surface area contributed by atoms with Gasteiger partial charge < -0.3 is 10.8 Å². The highest BCUT2D eigenvalue weighted by atomic mass is 16.3. The van der Waals surface area contributed by atoms with Crippen molar-refractivity contribution < 1.29 is 5.11 Å². The van der Waals surface area contributed by atoms with Gasteiger partial charge in [-0.25, -0.2) is 0 Å². The monoisotopic (exact) mass is 340 g/mol. The lowest BCUT2D eigenvalue weighted by Gasteiger charge is -2.35. The van der Waals surface area contributed by atoms with E-state index in [1.54, 1.807) is 6.20 Å². The summed E-state index contributed by atoms with van der Waals surface area (Å²) >= 11 is 0. The van der Waals surface area contributed by atoms with Crippen molar-refractivity contribution in [1.29, 1.82) is 0 Å². The average Bonchev–Trinajstić information content (AvgIpc) is 2.67. The minimum Gasteiger partial charge on any atom is -0.392 e. The van der Waals surface area contributed by atoms with Gasteiger partial charge >= 0.3 is 0 Å². The standard InChI is InChI=1S/C20H28N4O/c21-10-1-2-13-24(14-18-17(15-25)8-5-11-22-18)19-9-3-6-16-7-4-12-23-20(16)19/h4-5,7-8,11-12,19,25H,1-3,6,9-10,13-15,21H2/t19-/m1/s1. The molecule has 2 aromatic rings. The molecule has 3 rings (SSSR count). The molecule has 0 unspecified atom stereocenters. The molecule has 3 N–H and O–H groups in total. The third-order valence-electron chi connectivity index (χ3n) is 5.01. The molecule has 1 aliphatic carbocycles. The lowest BCUT2D eigenvalue weighted by Crippen LogP contribution is -2.33. The second-order valence-electron chi connectivity index (χ2n) is 6.69. The summed E-state index contributed by atoms with van der Waals surface area (Å²) < 4.78 is 0. The second kappa shape index (κ2) is 9.04. The number of nitrogens with two attached hydrogens (primary N) is 1. The van der Waals surface area contributed by atoms with E-state index in [9.17, 15) is 5.11 Å². The summed E-state index contributed by atoms with van der Waals surface area (Å²) in [7, 11) is 0. The van der Waals surface area contributed by atoms with Crippen LogP contribution < -0.4 is 5.73 Å². The Morgan fingerprint density at radius 2 is 2.00 bits per heavy atom. The number of hydrogen-bond acceptors (Lipinski definition) is 5. The molecule has 5 nitrogen and oxygen atoms in total. The minimum atomic E-state index is 0.0271. The number of pyridine rings is 2. The maximum absolute atomic E-state index is 9.63. The zero-order chi connectivity index (χ0) is 17.5. The molecule has 0 spiro atoms. The third kappa shape index (κ3) is 4.42. The molecule has 2 heterocycles. The molecule has 0 saturated carbocycles. The molecule has 0 aliphatic heterocycles. The largest absolute Gasteiger partial charge is 0.392 e. The van der Waals surface area contributed by atoms with Crippen LogP contribution in [0.3, 0.4) is 0 Å². The average molecular weight is 340 g/mol. The molecule has 0 radical (unpaired) electrons. The maximum Gasteiger partial charge on any atom is 0.0700 e. The van der Waals surface area contributed by atoms with Crippen LogP contribution >= 0.6 is 0 Å². The number of rotatable bonds is 8. The van der Waals surface area contributed by atoms with E-state index in [0.29, 0.717) is 6.04 Å². The lowest BCUT2D eigenvalue weighted by molar-refractivity contribution is 0.159. The number of aryl methyl sites for hydroxylation is 1. The van der Waals surface area contributed by atoms with Crippen LogP contribution in [0.25, 0.3) is 0 Å². The van der Waals surface area contributed by atoms with E-state index in [1.807, 2.05) is 24.4 Å². The van der Waals surface area contributed by atoms with E-state index in [0.717, 1.165) is 56.6 Å². The lowest BCUT2D eigenvalue weighted by atomic mass is 9.90. The van der Waals surface area contributed by atoms with Gasteiger partial charge in [-0.15, -0.1) is 0 Å². The highest BCUT2D eigenvalue weighted by molar-refractivity contribution is 5.26. The number of hydrogen-bond donors (Lipinski definition) is 2. The van der Waals surface area contributed by atoms with Crippen molar-refractivity contribution in [3.63, 3.8) is 0 Å². The van der Waals surface area contributed by atoms with Gasteiger partial charge in [-0.1, -0.05) is 12.1 Å². The fourth-order valence-electron chi connectivity index (χ4n) is 3.69. The number of aromatic nitrogens is 2.